The maximum absolute atomic E-state index is 13.2. The van der Waals surface area contributed by atoms with Crippen molar-refractivity contribution in [2.45, 2.75) is 13.1 Å². The van der Waals surface area contributed by atoms with Gasteiger partial charge in [-0.05, 0) is 29.3 Å². The number of halogens is 2. The van der Waals surface area contributed by atoms with Crippen LogP contribution in [0, 0.1) is 5.82 Å². The van der Waals surface area contributed by atoms with Gasteiger partial charge in [-0.25, -0.2) is 4.39 Å². The normalized spacial score (nSPS) is 16.8. The Kier molecular flexibility index (Phi) is 5.03. The summed E-state index contributed by atoms with van der Waals surface area (Å²) in [7, 11) is 0. The van der Waals surface area contributed by atoms with E-state index in [4.69, 9.17) is 11.6 Å². The van der Waals surface area contributed by atoms with E-state index < -0.39 is 0 Å². The molecule has 1 aliphatic rings. The Morgan fingerprint density at radius 2 is 1.64 bits per heavy atom. The van der Waals surface area contributed by atoms with Crippen LogP contribution < -0.4 is 0 Å². The summed E-state index contributed by atoms with van der Waals surface area (Å²) in [6, 6.07) is 9.58. The lowest BCUT2D eigenvalue weighted by Gasteiger charge is -2.34. The summed E-state index contributed by atoms with van der Waals surface area (Å²) in [6.07, 6.45) is 2.98. The summed E-state index contributed by atoms with van der Waals surface area (Å²) >= 11 is 6.03. The third-order valence-corrected chi connectivity index (χ3v) is 4.16. The number of rotatable bonds is 4. The van der Waals surface area contributed by atoms with E-state index in [2.05, 4.69) is 20.9 Å². The molecule has 0 aliphatic carbocycles. The van der Waals surface area contributed by atoms with Crippen molar-refractivity contribution in [1.82, 2.24) is 14.8 Å². The molecule has 1 aromatic heterocycles. The fraction of sp³-hybridized carbons (Fsp3) is 0.353. The second-order valence-corrected chi connectivity index (χ2v) is 6.13. The molecule has 3 nitrogen and oxygen atoms in total. The van der Waals surface area contributed by atoms with Crippen molar-refractivity contribution < 1.29 is 4.39 Å². The average molecular weight is 320 g/mol. The maximum Gasteiger partial charge on any atom is 0.141 e. The fourth-order valence-electron chi connectivity index (χ4n) is 2.80. The van der Waals surface area contributed by atoms with Crippen molar-refractivity contribution in [3.05, 3.63) is 64.7 Å². The van der Waals surface area contributed by atoms with Crippen molar-refractivity contribution >= 4 is 11.6 Å². The molecule has 1 aromatic carbocycles. The van der Waals surface area contributed by atoms with Crippen LogP contribution in [0.15, 0.2) is 42.7 Å². The van der Waals surface area contributed by atoms with Gasteiger partial charge in [0.1, 0.15) is 5.82 Å². The monoisotopic (exact) mass is 319 g/mol. The smallest absolute Gasteiger partial charge is 0.141 e. The Hall–Kier alpha value is -1.49. The predicted molar refractivity (Wildman–Crippen MR) is 86.2 cm³/mol. The molecule has 2 heterocycles. The summed E-state index contributed by atoms with van der Waals surface area (Å²) in [5.74, 6) is -0.267. The highest BCUT2D eigenvalue weighted by molar-refractivity contribution is 6.30. The third-order valence-electron chi connectivity index (χ3n) is 3.93. The zero-order chi connectivity index (χ0) is 15.4. The number of piperazine rings is 1. The standard InChI is InChI=1S/C17H19ClFN3/c18-16-3-1-2-14(8-16)12-21-4-6-22(7-5-21)13-15-9-17(19)11-20-10-15/h1-3,8-11H,4-7,12-13H2. The number of benzene rings is 1. The number of pyridine rings is 1. The van der Waals surface area contributed by atoms with Crippen LogP contribution in [0.2, 0.25) is 5.02 Å². The van der Waals surface area contributed by atoms with E-state index in [9.17, 15) is 4.39 Å². The van der Waals surface area contributed by atoms with Crippen LogP contribution in [-0.4, -0.2) is 41.0 Å². The Balaban J connectivity index is 1.50. The zero-order valence-electron chi connectivity index (χ0n) is 12.4. The van der Waals surface area contributed by atoms with Crippen molar-refractivity contribution in [3.8, 4) is 0 Å². The topological polar surface area (TPSA) is 19.4 Å². The molecule has 1 aliphatic heterocycles. The van der Waals surface area contributed by atoms with Gasteiger partial charge < -0.3 is 0 Å². The van der Waals surface area contributed by atoms with Crippen molar-refractivity contribution in [2.24, 2.45) is 0 Å². The van der Waals surface area contributed by atoms with Crippen LogP contribution in [0.4, 0.5) is 4.39 Å². The third kappa shape index (κ3) is 4.26. The number of aromatic nitrogens is 1. The minimum Gasteiger partial charge on any atom is -0.297 e. The van der Waals surface area contributed by atoms with Crippen molar-refractivity contribution in [2.75, 3.05) is 26.2 Å². The summed E-state index contributed by atoms with van der Waals surface area (Å²) in [5, 5.41) is 0.787. The second-order valence-electron chi connectivity index (χ2n) is 5.69. The van der Waals surface area contributed by atoms with E-state index in [1.165, 1.54) is 11.8 Å². The summed E-state index contributed by atoms with van der Waals surface area (Å²) in [5.41, 5.74) is 2.18. The molecule has 116 valence electrons. The highest BCUT2D eigenvalue weighted by Gasteiger charge is 2.17. The molecule has 0 bridgehead atoms. The Labute approximate surface area is 135 Å². The molecular formula is C17H19ClFN3. The Bertz CT molecular complexity index is 571. The molecule has 0 atom stereocenters. The molecule has 5 heteroatoms. The summed E-state index contributed by atoms with van der Waals surface area (Å²) in [6.45, 7) is 5.67. The first-order valence-electron chi connectivity index (χ1n) is 7.47. The molecule has 0 spiro atoms. The van der Waals surface area contributed by atoms with Gasteiger partial charge in [-0.15, -0.1) is 0 Å². The van der Waals surface area contributed by atoms with Gasteiger partial charge in [0, 0.05) is 50.5 Å². The van der Waals surface area contributed by atoms with E-state index in [1.807, 2.05) is 18.2 Å². The maximum atomic E-state index is 13.2. The molecule has 3 rings (SSSR count). The van der Waals surface area contributed by atoms with Crippen molar-refractivity contribution in [1.29, 1.82) is 0 Å². The lowest BCUT2D eigenvalue weighted by atomic mass is 10.2. The largest absolute Gasteiger partial charge is 0.297 e. The highest BCUT2D eigenvalue weighted by atomic mass is 35.5. The van der Waals surface area contributed by atoms with Gasteiger partial charge in [0.2, 0.25) is 0 Å². The molecule has 0 amide bonds. The van der Waals surface area contributed by atoms with E-state index in [0.717, 1.165) is 49.9 Å². The zero-order valence-corrected chi connectivity index (χ0v) is 13.1. The second kappa shape index (κ2) is 7.18. The van der Waals surface area contributed by atoms with E-state index in [1.54, 1.807) is 12.3 Å². The van der Waals surface area contributed by atoms with Gasteiger partial charge in [0.05, 0.1) is 6.20 Å². The van der Waals surface area contributed by atoms with Crippen molar-refractivity contribution in [3.63, 3.8) is 0 Å². The van der Waals surface area contributed by atoms with Gasteiger partial charge in [-0.2, -0.15) is 0 Å². The lowest BCUT2D eigenvalue weighted by molar-refractivity contribution is 0.122. The van der Waals surface area contributed by atoms with Crippen LogP contribution >= 0.6 is 11.6 Å². The van der Waals surface area contributed by atoms with Crippen LogP contribution in [-0.2, 0) is 13.1 Å². The van der Waals surface area contributed by atoms with E-state index >= 15 is 0 Å². The molecule has 0 saturated carbocycles. The molecule has 0 radical (unpaired) electrons. The first-order valence-corrected chi connectivity index (χ1v) is 7.85. The highest BCUT2D eigenvalue weighted by Crippen LogP contribution is 2.15. The van der Waals surface area contributed by atoms with E-state index in [0.29, 0.717) is 0 Å². The number of hydrogen-bond acceptors (Lipinski definition) is 3. The Morgan fingerprint density at radius 3 is 2.27 bits per heavy atom. The first-order chi connectivity index (χ1) is 10.7. The molecular weight excluding hydrogens is 301 g/mol. The van der Waals surface area contributed by atoms with Crippen LogP contribution in [0.1, 0.15) is 11.1 Å². The minimum absolute atomic E-state index is 0.267. The van der Waals surface area contributed by atoms with Crippen LogP contribution in [0.3, 0.4) is 0 Å². The van der Waals surface area contributed by atoms with Gasteiger partial charge in [0.15, 0.2) is 0 Å². The number of hydrogen-bond donors (Lipinski definition) is 0. The first kappa shape index (κ1) is 15.4. The fourth-order valence-corrected chi connectivity index (χ4v) is 3.01. The minimum atomic E-state index is -0.267. The van der Waals surface area contributed by atoms with Gasteiger partial charge in [-0.3, -0.25) is 14.8 Å². The molecule has 2 aromatic rings. The lowest BCUT2D eigenvalue weighted by Crippen LogP contribution is -2.45. The average Bonchev–Trinajstić information content (AvgIpc) is 2.49. The molecule has 0 unspecified atom stereocenters. The molecule has 0 N–H and O–H groups in total. The number of nitrogens with zero attached hydrogens (tertiary/aromatic N) is 3. The quantitative estimate of drug-likeness (QED) is 0.863. The predicted octanol–water partition coefficient (Wildman–Crippen LogP) is 3.19. The molecule has 22 heavy (non-hydrogen) atoms. The van der Waals surface area contributed by atoms with E-state index in [-0.39, 0.29) is 5.82 Å². The van der Waals surface area contributed by atoms with Gasteiger partial charge in [0.25, 0.3) is 0 Å². The van der Waals surface area contributed by atoms with Crippen LogP contribution in [0.25, 0.3) is 0 Å². The molecule has 1 saturated heterocycles. The van der Waals surface area contributed by atoms with Crippen LogP contribution in [0.5, 0.6) is 0 Å². The summed E-state index contributed by atoms with van der Waals surface area (Å²) < 4.78 is 13.2. The molecule has 1 fully saturated rings. The van der Waals surface area contributed by atoms with Gasteiger partial charge in [-0.1, -0.05) is 23.7 Å². The van der Waals surface area contributed by atoms with Gasteiger partial charge >= 0.3 is 0 Å². The summed E-state index contributed by atoms with van der Waals surface area (Å²) in [4.78, 5) is 8.66. The Morgan fingerprint density at radius 1 is 0.955 bits per heavy atom. The SMILES string of the molecule is Fc1cncc(CN2CCN(Cc3cccc(Cl)c3)CC2)c1.